The maximum atomic E-state index is 13.0. The molecule has 202 valence electrons. The Balaban J connectivity index is 1.29. The van der Waals surface area contributed by atoms with Crippen LogP contribution in [0.15, 0.2) is 79.1 Å². The first-order valence-electron chi connectivity index (χ1n) is 13.0. The molecule has 9 heteroatoms. The molecule has 1 unspecified atom stereocenters. The maximum absolute atomic E-state index is 13.0. The fourth-order valence-electron chi connectivity index (χ4n) is 4.96. The van der Waals surface area contributed by atoms with Crippen molar-refractivity contribution >= 4 is 39.7 Å². The largest absolute Gasteiger partial charge is 0.459 e. The van der Waals surface area contributed by atoms with Gasteiger partial charge in [0.15, 0.2) is 5.82 Å². The molecule has 0 aliphatic carbocycles. The van der Waals surface area contributed by atoms with Crippen LogP contribution in [0.2, 0.25) is 0 Å². The number of ether oxygens (including phenoxy) is 3. The monoisotopic (exact) mass is 536 g/mol. The quantitative estimate of drug-likeness (QED) is 0.296. The van der Waals surface area contributed by atoms with Crippen molar-refractivity contribution in [1.82, 2.24) is 14.5 Å². The molecule has 0 saturated carbocycles. The number of nitrogen functional groups attached to an aromatic ring is 1. The molecule has 0 radical (unpaired) electrons. The summed E-state index contributed by atoms with van der Waals surface area (Å²) in [6.07, 6.45) is 0.0597. The van der Waals surface area contributed by atoms with Gasteiger partial charge in [0.25, 0.3) is 0 Å². The minimum Gasteiger partial charge on any atom is -0.459 e. The predicted octanol–water partition coefficient (Wildman–Crippen LogP) is 5.15. The number of nitrogens with two attached hydrogens (primary N) is 1. The maximum Gasteiger partial charge on any atom is 0.338 e. The summed E-state index contributed by atoms with van der Waals surface area (Å²) in [5, 5.41) is 0.871. The first kappa shape index (κ1) is 25.5. The molecule has 2 aromatic heterocycles. The van der Waals surface area contributed by atoms with Gasteiger partial charge >= 0.3 is 11.9 Å². The Kier molecular flexibility index (Phi) is 6.65. The van der Waals surface area contributed by atoms with Gasteiger partial charge in [0.1, 0.15) is 30.6 Å². The van der Waals surface area contributed by atoms with Crippen LogP contribution in [-0.2, 0) is 14.2 Å². The molecule has 0 bridgehead atoms. The van der Waals surface area contributed by atoms with Crippen LogP contribution in [0, 0.1) is 13.8 Å². The highest BCUT2D eigenvalue weighted by Gasteiger charge is 2.40. The van der Waals surface area contributed by atoms with Crippen molar-refractivity contribution in [2.75, 3.05) is 12.3 Å². The Morgan fingerprint density at radius 3 is 2.30 bits per heavy atom. The summed E-state index contributed by atoms with van der Waals surface area (Å²) in [5.41, 5.74) is 11.2. The van der Waals surface area contributed by atoms with Crippen LogP contribution in [0.3, 0.4) is 0 Å². The SMILES string of the molecule is Cc1ccc(C(=O)OC[C@H]2OC(n3cnc4c(N)nc5ccccc5c43)C[C@@H]2OC(=O)c2ccc(C)cc2)cc1. The fourth-order valence-corrected chi connectivity index (χ4v) is 4.96. The zero-order chi connectivity index (χ0) is 27.8. The van der Waals surface area contributed by atoms with Gasteiger partial charge in [-0.15, -0.1) is 0 Å². The Morgan fingerprint density at radius 2 is 1.60 bits per heavy atom. The van der Waals surface area contributed by atoms with Gasteiger partial charge in [-0.1, -0.05) is 53.6 Å². The van der Waals surface area contributed by atoms with Gasteiger partial charge in [-0.2, -0.15) is 0 Å². The molecule has 9 nitrogen and oxygen atoms in total. The van der Waals surface area contributed by atoms with Crippen LogP contribution >= 0.6 is 0 Å². The molecule has 3 heterocycles. The van der Waals surface area contributed by atoms with E-state index >= 15 is 0 Å². The van der Waals surface area contributed by atoms with E-state index in [1.165, 1.54) is 0 Å². The average Bonchev–Trinajstić information content (AvgIpc) is 3.57. The lowest BCUT2D eigenvalue weighted by Crippen LogP contribution is -2.32. The van der Waals surface area contributed by atoms with Gasteiger partial charge in [0, 0.05) is 11.8 Å². The summed E-state index contributed by atoms with van der Waals surface area (Å²) in [4.78, 5) is 34.8. The molecular weight excluding hydrogens is 508 g/mol. The Morgan fingerprint density at radius 1 is 0.950 bits per heavy atom. The molecule has 1 aliphatic heterocycles. The molecule has 5 aromatic rings. The summed E-state index contributed by atoms with van der Waals surface area (Å²) < 4.78 is 19.8. The number of para-hydroxylation sites is 1. The fraction of sp³-hybridized carbons (Fsp3) is 0.226. The number of nitrogens with zero attached hydrogens (tertiary/aromatic N) is 3. The number of rotatable bonds is 6. The third-order valence-electron chi connectivity index (χ3n) is 7.14. The Hall–Kier alpha value is -4.76. The molecule has 6 rings (SSSR count). The minimum atomic E-state index is -0.698. The van der Waals surface area contributed by atoms with Gasteiger partial charge in [-0.3, -0.25) is 0 Å². The summed E-state index contributed by atoms with van der Waals surface area (Å²) in [6, 6.07) is 21.9. The third-order valence-corrected chi connectivity index (χ3v) is 7.14. The van der Waals surface area contributed by atoms with Crippen molar-refractivity contribution in [3.05, 3.63) is 101 Å². The molecule has 1 aliphatic rings. The predicted molar refractivity (Wildman–Crippen MR) is 150 cm³/mol. The van der Waals surface area contributed by atoms with E-state index in [0.29, 0.717) is 28.9 Å². The summed E-state index contributed by atoms with van der Waals surface area (Å²) in [6.45, 7) is 3.80. The lowest BCUT2D eigenvalue weighted by atomic mass is 10.1. The lowest BCUT2D eigenvalue weighted by Gasteiger charge is -2.19. The number of imidazole rings is 1. The van der Waals surface area contributed by atoms with Gasteiger partial charge in [0.2, 0.25) is 0 Å². The van der Waals surface area contributed by atoms with E-state index in [4.69, 9.17) is 19.9 Å². The second-order valence-electron chi connectivity index (χ2n) is 10.0. The second kappa shape index (κ2) is 10.4. The Labute approximate surface area is 230 Å². The average molecular weight is 537 g/mol. The van der Waals surface area contributed by atoms with Crippen molar-refractivity contribution in [2.45, 2.75) is 38.7 Å². The zero-order valence-electron chi connectivity index (χ0n) is 22.1. The first-order valence-corrected chi connectivity index (χ1v) is 13.0. The molecule has 0 spiro atoms. The number of aryl methyl sites for hydroxylation is 2. The molecule has 2 N–H and O–H groups in total. The number of pyridine rings is 1. The normalized spacial score (nSPS) is 18.7. The van der Waals surface area contributed by atoms with Crippen molar-refractivity contribution in [1.29, 1.82) is 0 Å². The van der Waals surface area contributed by atoms with Crippen LogP contribution < -0.4 is 5.73 Å². The van der Waals surface area contributed by atoms with E-state index in [2.05, 4.69) is 9.97 Å². The van der Waals surface area contributed by atoms with Gasteiger partial charge < -0.3 is 24.5 Å². The van der Waals surface area contributed by atoms with Gasteiger partial charge in [-0.05, 0) is 44.2 Å². The number of carbonyl (C=O) groups excluding carboxylic acids is 2. The van der Waals surface area contributed by atoms with E-state index in [-0.39, 0.29) is 6.61 Å². The van der Waals surface area contributed by atoms with Gasteiger partial charge in [-0.25, -0.2) is 19.6 Å². The number of aromatic nitrogens is 3. The molecule has 40 heavy (non-hydrogen) atoms. The number of hydrogen-bond donors (Lipinski definition) is 1. The lowest BCUT2D eigenvalue weighted by molar-refractivity contribution is -0.0561. The number of esters is 2. The third kappa shape index (κ3) is 4.87. The van der Waals surface area contributed by atoms with Crippen molar-refractivity contribution in [2.24, 2.45) is 0 Å². The minimum absolute atomic E-state index is 0.0911. The van der Waals surface area contributed by atoms with Crippen LogP contribution in [-0.4, -0.2) is 45.3 Å². The van der Waals surface area contributed by atoms with Crippen LogP contribution in [0.25, 0.3) is 21.9 Å². The van der Waals surface area contributed by atoms with Crippen molar-refractivity contribution in [3.63, 3.8) is 0 Å². The highest BCUT2D eigenvalue weighted by atomic mass is 16.6. The summed E-state index contributed by atoms with van der Waals surface area (Å²) in [7, 11) is 0. The van der Waals surface area contributed by atoms with E-state index in [0.717, 1.165) is 27.5 Å². The molecule has 3 atom stereocenters. The molecule has 1 saturated heterocycles. The molecule has 1 fully saturated rings. The highest BCUT2D eigenvalue weighted by molar-refractivity contribution is 6.06. The van der Waals surface area contributed by atoms with Crippen LogP contribution in [0.5, 0.6) is 0 Å². The first-order chi connectivity index (χ1) is 19.4. The van der Waals surface area contributed by atoms with Gasteiger partial charge in [0.05, 0.1) is 28.5 Å². The number of carbonyl (C=O) groups is 2. The summed E-state index contributed by atoms with van der Waals surface area (Å²) in [5.74, 6) is -0.636. The van der Waals surface area contributed by atoms with E-state index in [9.17, 15) is 9.59 Å². The molecule has 0 amide bonds. The second-order valence-corrected chi connectivity index (χ2v) is 10.0. The topological polar surface area (TPSA) is 119 Å². The smallest absolute Gasteiger partial charge is 0.338 e. The van der Waals surface area contributed by atoms with Crippen LogP contribution in [0.1, 0.15) is 44.5 Å². The number of benzene rings is 3. The van der Waals surface area contributed by atoms with E-state index in [1.807, 2.05) is 66.9 Å². The van der Waals surface area contributed by atoms with E-state index in [1.54, 1.807) is 30.6 Å². The molecule has 3 aromatic carbocycles. The standard InChI is InChI=1S/C31H28N4O5/c1-18-7-11-20(12-8-18)30(36)38-16-25-24(40-31(37)21-13-9-19(2)10-14-21)15-26(39-25)35-17-33-27-28(35)22-5-3-4-6-23(22)34-29(27)32/h3-14,17,24-26H,15-16H2,1-2H3,(H2,32,34)/t24-,25+,26?/m0/s1. The Bertz CT molecular complexity index is 1710. The zero-order valence-corrected chi connectivity index (χ0v) is 22.1. The van der Waals surface area contributed by atoms with Crippen molar-refractivity contribution < 1.29 is 23.8 Å². The number of hydrogen-bond acceptors (Lipinski definition) is 8. The van der Waals surface area contributed by atoms with E-state index < -0.39 is 30.4 Å². The number of anilines is 1. The van der Waals surface area contributed by atoms with Crippen molar-refractivity contribution in [3.8, 4) is 0 Å². The van der Waals surface area contributed by atoms with Crippen LogP contribution in [0.4, 0.5) is 5.82 Å². The molecular formula is C31H28N4O5. The summed E-state index contributed by atoms with van der Waals surface area (Å²) >= 11 is 0. The highest BCUT2D eigenvalue weighted by Crippen LogP contribution is 2.36. The number of fused-ring (bicyclic) bond motifs is 3.